The zero-order chi connectivity index (χ0) is 12.1. The summed E-state index contributed by atoms with van der Waals surface area (Å²) in [5, 5.41) is 0. The van der Waals surface area contributed by atoms with Crippen LogP contribution in [0.2, 0.25) is 0 Å². The van der Waals surface area contributed by atoms with Crippen LogP contribution in [0.1, 0.15) is 0 Å². The summed E-state index contributed by atoms with van der Waals surface area (Å²) in [5.74, 6) is 0. The topological polar surface area (TPSA) is 19.0 Å². The monoisotopic (exact) mass is 415 g/mol. The van der Waals surface area contributed by atoms with E-state index in [-0.39, 0.29) is 39.0 Å². The van der Waals surface area contributed by atoms with E-state index in [1.165, 1.54) is 4.70 Å². The van der Waals surface area contributed by atoms with Crippen molar-refractivity contribution in [1.29, 1.82) is 0 Å². The van der Waals surface area contributed by atoms with Gasteiger partial charge in [-0.05, 0) is 24.4 Å². The molecule has 86 valence electrons. The molecule has 0 atom stereocenters. The van der Waals surface area contributed by atoms with Gasteiger partial charge >= 0.3 is 39.0 Å². The number of aromatic nitrogens is 1. The number of para-hydroxylation sites is 1. The molecule has 18 heavy (non-hydrogen) atoms. The predicted molar refractivity (Wildman–Crippen MR) is 80.7 cm³/mol. The number of thiocarbonyl (C=S) groups is 1. The molecule has 0 spiro atoms. The van der Waals surface area contributed by atoms with Gasteiger partial charge in [0.1, 0.15) is 0 Å². The van der Waals surface area contributed by atoms with Crippen molar-refractivity contribution in [3.63, 3.8) is 0 Å². The second-order valence-electron chi connectivity index (χ2n) is 3.17. The first-order chi connectivity index (χ1) is 7.50. The van der Waals surface area contributed by atoms with Gasteiger partial charge in [0.2, 0.25) is 0 Å². The molecule has 0 aliphatic carbocycles. The number of hydrogen-bond acceptors (Lipinski definition) is 4. The molecule has 0 aliphatic heterocycles. The first kappa shape index (κ1) is 21.0. The van der Waals surface area contributed by atoms with E-state index < -0.39 is 0 Å². The van der Waals surface area contributed by atoms with Gasteiger partial charge in [0.15, 0.2) is 3.95 Å². The van der Waals surface area contributed by atoms with Crippen LogP contribution in [0.25, 0.3) is 10.2 Å². The van der Waals surface area contributed by atoms with Crippen LogP contribution in [-0.2, 0) is 51.6 Å². The molecule has 2 rings (SSSR count). The summed E-state index contributed by atoms with van der Waals surface area (Å²) in [6, 6.07) is 8.11. The van der Waals surface area contributed by atoms with Crippen molar-refractivity contribution >= 4 is 62.9 Å². The van der Waals surface area contributed by atoms with E-state index in [0.717, 1.165) is 9.47 Å². The Hall–Kier alpha value is 0.687. The van der Waals surface area contributed by atoms with Gasteiger partial charge in [0, 0.05) is 14.1 Å². The summed E-state index contributed by atoms with van der Waals surface area (Å²) in [4.78, 5) is 4.80. The predicted octanol–water partition coefficient (Wildman–Crippen LogP) is 3.33. The van der Waals surface area contributed by atoms with Gasteiger partial charge in [-0.25, -0.2) is 0 Å². The fraction of sp³-hybridized carbons (Fsp3) is 0.200. The standard InChI is InChI=1S/C7H5NS2.C3H7NS2.2Zn/c9-7-8-5-3-1-2-4-6(5)10-7;1-4(2)3(5)6;;/h1-4H,(H,8,9);1-2H3,(H,5,6);;/q;;2*+2/p-1. The maximum absolute atomic E-state index is 4.98. The van der Waals surface area contributed by atoms with E-state index in [4.69, 9.17) is 12.2 Å². The van der Waals surface area contributed by atoms with Crippen LogP contribution in [0.3, 0.4) is 0 Å². The van der Waals surface area contributed by atoms with Gasteiger partial charge in [-0.3, -0.25) is 0 Å². The average Bonchev–Trinajstić information content (AvgIpc) is 2.58. The molecule has 0 saturated heterocycles. The fourth-order valence-corrected chi connectivity index (χ4v) is 2.01. The molecule has 0 saturated carbocycles. The Labute approximate surface area is 152 Å². The van der Waals surface area contributed by atoms with Gasteiger partial charge in [-0.1, -0.05) is 16.5 Å². The minimum absolute atomic E-state index is 0. The number of nitrogens with zero attached hydrogens (tertiary/aromatic N) is 1. The molecule has 8 heteroatoms. The van der Waals surface area contributed by atoms with Crippen LogP contribution in [0.5, 0.6) is 0 Å². The molecule has 2 nitrogen and oxygen atoms in total. The number of rotatable bonds is 0. The van der Waals surface area contributed by atoms with Gasteiger partial charge < -0.3 is 34.7 Å². The van der Waals surface area contributed by atoms with Crippen molar-refractivity contribution < 1.29 is 39.0 Å². The SMILES string of the molecule is CN(C)C(=S)[S-].S=c1[nH]c2ccccc2s1.[Zn+2].[Zn+2]. The number of thiazole rings is 1. The number of aromatic amines is 1. The summed E-state index contributed by atoms with van der Waals surface area (Å²) in [7, 11) is 3.66. The van der Waals surface area contributed by atoms with Crippen molar-refractivity contribution in [2.75, 3.05) is 14.1 Å². The van der Waals surface area contributed by atoms with Gasteiger partial charge in [0.25, 0.3) is 0 Å². The molecule has 0 bridgehead atoms. The molecule has 0 aliphatic rings. The van der Waals surface area contributed by atoms with Crippen molar-refractivity contribution in [3.8, 4) is 0 Å². The average molecular weight is 418 g/mol. The van der Waals surface area contributed by atoms with E-state index >= 15 is 0 Å². The van der Waals surface area contributed by atoms with Gasteiger partial charge in [-0.2, -0.15) is 0 Å². The quantitative estimate of drug-likeness (QED) is 0.402. The van der Waals surface area contributed by atoms with E-state index in [1.54, 1.807) is 16.2 Å². The second-order valence-corrected chi connectivity index (χ2v) is 5.92. The van der Waals surface area contributed by atoms with Crippen LogP contribution < -0.4 is 0 Å². The Morgan fingerprint density at radius 2 is 1.78 bits per heavy atom. The zero-order valence-corrected chi connectivity index (χ0v) is 19.5. The third-order valence-corrected chi connectivity index (χ3v) is 3.64. The smallest absolute Gasteiger partial charge is 0.411 e. The number of benzene rings is 1. The summed E-state index contributed by atoms with van der Waals surface area (Å²) in [6.45, 7) is 0. The fourth-order valence-electron chi connectivity index (χ4n) is 0.894. The van der Waals surface area contributed by atoms with Crippen molar-refractivity contribution in [2.45, 2.75) is 0 Å². The minimum Gasteiger partial charge on any atom is -0.411 e. The molecule has 0 amide bonds. The van der Waals surface area contributed by atoms with Crippen LogP contribution in [-0.4, -0.2) is 28.3 Å². The molecule has 2 aromatic rings. The Morgan fingerprint density at radius 3 is 2.22 bits per heavy atom. The maximum atomic E-state index is 4.98. The second kappa shape index (κ2) is 10.5. The van der Waals surface area contributed by atoms with E-state index in [9.17, 15) is 0 Å². The van der Waals surface area contributed by atoms with Crippen LogP contribution in [0, 0.1) is 3.95 Å². The summed E-state index contributed by atoms with van der Waals surface area (Å²) in [5.41, 5.74) is 1.14. The first-order valence-corrected chi connectivity index (χ1v) is 6.51. The third-order valence-electron chi connectivity index (χ3n) is 1.69. The molecule has 0 radical (unpaired) electrons. The molecule has 1 heterocycles. The first-order valence-electron chi connectivity index (χ1n) is 4.47. The number of nitrogens with one attached hydrogen (secondary N) is 1. The van der Waals surface area contributed by atoms with Crippen LogP contribution in [0.4, 0.5) is 0 Å². The Morgan fingerprint density at radius 1 is 1.28 bits per heavy atom. The van der Waals surface area contributed by atoms with Crippen molar-refractivity contribution in [2.24, 2.45) is 0 Å². The molecular formula is C10H11N2S4Zn2+3. The van der Waals surface area contributed by atoms with E-state index in [1.807, 2.05) is 32.3 Å². The number of fused-ring (bicyclic) bond motifs is 1. The largest absolute Gasteiger partial charge is 2.00 e. The minimum atomic E-state index is 0. The molecule has 1 aromatic heterocycles. The molecule has 0 unspecified atom stereocenters. The normalized spacial score (nSPS) is 8.33. The van der Waals surface area contributed by atoms with Crippen LogP contribution >= 0.6 is 35.8 Å². The molecule has 0 fully saturated rings. The Balaban J connectivity index is 0. The molecule has 1 aromatic carbocycles. The van der Waals surface area contributed by atoms with E-state index in [0.29, 0.717) is 4.32 Å². The Bertz CT molecular complexity index is 500. The van der Waals surface area contributed by atoms with Gasteiger partial charge in [0.05, 0.1) is 10.2 Å². The number of H-pyrrole nitrogens is 1. The maximum Gasteiger partial charge on any atom is 2.00 e. The molecular weight excluding hydrogens is 407 g/mol. The summed E-state index contributed by atoms with van der Waals surface area (Å²) < 4.78 is 2.59. The Kier molecular flexibility index (Phi) is 12.2. The third kappa shape index (κ3) is 7.32. The van der Waals surface area contributed by atoms with Crippen LogP contribution in [0.15, 0.2) is 24.3 Å². The van der Waals surface area contributed by atoms with Crippen molar-refractivity contribution in [1.82, 2.24) is 9.88 Å². The number of hydrogen-bond donors (Lipinski definition) is 1. The zero-order valence-electron chi connectivity index (χ0n) is 10.3. The molecule has 1 N–H and O–H groups in total. The van der Waals surface area contributed by atoms with Gasteiger partial charge in [-0.15, -0.1) is 11.3 Å². The summed E-state index contributed by atoms with van der Waals surface area (Å²) >= 11 is 15.7. The van der Waals surface area contributed by atoms with Crippen molar-refractivity contribution in [3.05, 3.63) is 28.2 Å². The van der Waals surface area contributed by atoms with E-state index in [2.05, 4.69) is 35.9 Å². The summed E-state index contributed by atoms with van der Waals surface area (Å²) in [6.07, 6.45) is 0.